The van der Waals surface area contributed by atoms with E-state index in [0.717, 1.165) is 5.56 Å². The second kappa shape index (κ2) is 4.68. The van der Waals surface area contributed by atoms with Crippen LogP contribution in [0.5, 0.6) is 5.75 Å². The summed E-state index contributed by atoms with van der Waals surface area (Å²) in [5.74, 6) is -0.343. The topological polar surface area (TPSA) is 67.4 Å². The lowest BCUT2D eigenvalue weighted by Crippen LogP contribution is -2.50. The average Bonchev–Trinajstić information content (AvgIpc) is 2.26. The zero-order chi connectivity index (χ0) is 13.3. The number of hydrogen-bond acceptors (Lipinski definition) is 3. The summed E-state index contributed by atoms with van der Waals surface area (Å²) in [5, 5.41) is 5.34. The largest absolute Gasteiger partial charge is 0.468 e. The molecule has 0 aliphatic carbocycles. The predicted molar refractivity (Wildman–Crippen MR) is 67.5 cm³/mol. The van der Waals surface area contributed by atoms with E-state index in [0.29, 0.717) is 11.4 Å². The second-order valence-corrected chi connectivity index (χ2v) is 4.65. The van der Waals surface area contributed by atoms with Crippen molar-refractivity contribution in [2.45, 2.75) is 32.9 Å². The third kappa shape index (κ3) is 2.45. The molecule has 1 aromatic rings. The molecule has 2 rings (SSSR count). The Balaban J connectivity index is 2.20. The van der Waals surface area contributed by atoms with Gasteiger partial charge in [0.25, 0.3) is 17.9 Å². The monoisotopic (exact) mass is 248 g/mol. The molecule has 0 unspecified atom stereocenters. The SMILES string of the molecule is Cc1ccc2c(c1)NC(=O)[C@H](C(=O)NC(C)C)O2. The molecule has 0 saturated heterocycles. The van der Waals surface area contributed by atoms with Gasteiger partial charge in [0.15, 0.2) is 0 Å². The minimum absolute atomic E-state index is 0.0340. The minimum atomic E-state index is -1.12. The van der Waals surface area contributed by atoms with Crippen LogP contribution in [0, 0.1) is 6.92 Å². The van der Waals surface area contributed by atoms with Crippen molar-refractivity contribution in [1.82, 2.24) is 5.32 Å². The Morgan fingerprint density at radius 3 is 2.83 bits per heavy atom. The van der Waals surface area contributed by atoms with Crippen molar-refractivity contribution in [3.05, 3.63) is 23.8 Å². The first-order valence-corrected chi connectivity index (χ1v) is 5.86. The van der Waals surface area contributed by atoms with Crippen molar-refractivity contribution >= 4 is 17.5 Å². The quantitative estimate of drug-likeness (QED) is 0.773. The van der Waals surface area contributed by atoms with Crippen molar-refractivity contribution in [2.24, 2.45) is 0 Å². The number of benzene rings is 1. The first-order chi connectivity index (χ1) is 8.47. The first-order valence-electron chi connectivity index (χ1n) is 5.86. The molecular weight excluding hydrogens is 232 g/mol. The summed E-state index contributed by atoms with van der Waals surface area (Å²) in [4.78, 5) is 23.6. The lowest BCUT2D eigenvalue weighted by Gasteiger charge is -2.25. The Labute approximate surface area is 106 Å². The number of aryl methyl sites for hydroxylation is 1. The van der Waals surface area contributed by atoms with Crippen LogP contribution in [0.1, 0.15) is 19.4 Å². The van der Waals surface area contributed by atoms with Crippen molar-refractivity contribution in [3.8, 4) is 5.75 Å². The molecule has 0 saturated carbocycles. The van der Waals surface area contributed by atoms with Crippen molar-refractivity contribution in [3.63, 3.8) is 0 Å². The lowest BCUT2D eigenvalue weighted by atomic mass is 10.1. The van der Waals surface area contributed by atoms with Crippen LogP contribution < -0.4 is 15.4 Å². The van der Waals surface area contributed by atoms with E-state index in [-0.39, 0.29) is 6.04 Å². The number of ether oxygens (including phenoxy) is 1. The van der Waals surface area contributed by atoms with Gasteiger partial charge in [0.2, 0.25) is 0 Å². The standard InChI is InChI=1S/C13H16N2O3/c1-7(2)14-12(16)11-13(17)15-9-6-8(3)4-5-10(9)18-11/h4-7,11H,1-3H3,(H,14,16)(H,15,17)/t11-/m0/s1. The van der Waals surface area contributed by atoms with Crippen LogP contribution in [0.2, 0.25) is 0 Å². The smallest absolute Gasteiger partial charge is 0.275 e. The Kier molecular flexibility index (Phi) is 3.23. The number of anilines is 1. The molecule has 5 heteroatoms. The van der Waals surface area contributed by atoms with Crippen LogP contribution in [0.25, 0.3) is 0 Å². The van der Waals surface area contributed by atoms with E-state index in [4.69, 9.17) is 4.74 Å². The van der Waals surface area contributed by atoms with Gasteiger partial charge in [-0.1, -0.05) is 6.07 Å². The summed E-state index contributed by atoms with van der Waals surface area (Å²) in [6.45, 7) is 5.58. The van der Waals surface area contributed by atoms with Crippen molar-refractivity contribution in [1.29, 1.82) is 0 Å². The van der Waals surface area contributed by atoms with Gasteiger partial charge in [0.1, 0.15) is 5.75 Å². The highest BCUT2D eigenvalue weighted by atomic mass is 16.5. The number of amides is 2. The van der Waals surface area contributed by atoms with E-state index in [1.807, 2.05) is 32.9 Å². The van der Waals surface area contributed by atoms with E-state index in [2.05, 4.69) is 10.6 Å². The Bertz CT molecular complexity index is 497. The molecule has 0 bridgehead atoms. The number of hydrogen-bond donors (Lipinski definition) is 2. The molecule has 0 aromatic heterocycles. The summed E-state index contributed by atoms with van der Waals surface area (Å²) in [6.07, 6.45) is -1.12. The maximum Gasteiger partial charge on any atom is 0.275 e. The normalized spacial score (nSPS) is 17.8. The van der Waals surface area contributed by atoms with Crippen LogP contribution in [0.15, 0.2) is 18.2 Å². The van der Waals surface area contributed by atoms with Crippen molar-refractivity contribution < 1.29 is 14.3 Å². The summed E-state index contributed by atoms with van der Waals surface area (Å²) < 4.78 is 5.44. The van der Waals surface area contributed by atoms with Gasteiger partial charge in [0, 0.05) is 6.04 Å². The molecule has 5 nitrogen and oxygen atoms in total. The molecule has 0 spiro atoms. The fourth-order valence-corrected chi connectivity index (χ4v) is 1.76. The Hall–Kier alpha value is -2.04. The van der Waals surface area contributed by atoms with Gasteiger partial charge in [-0.2, -0.15) is 0 Å². The van der Waals surface area contributed by atoms with Gasteiger partial charge in [-0.3, -0.25) is 9.59 Å². The maximum atomic E-state index is 11.8. The molecule has 18 heavy (non-hydrogen) atoms. The van der Waals surface area contributed by atoms with Gasteiger partial charge < -0.3 is 15.4 Å². The fourth-order valence-electron chi connectivity index (χ4n) is 1.76. The molecule has 1 heterocycles. The van der Waals surface area contributed by atoms with Crippen LogP contribution in [0.3, 0.4) is 0 Å². The molecule has 1 aliphatic heterocycles. The van der Waals surface area contributed by atoms with Gasteiger partial charge in [-0.25, -0.2) is 0 Å². The zero-order valence-electron chi connectivity index (χ0n) is 10.6. The Morgan fingerprint density at radius 1 is 1.44 bits per heavy atom. The number of nitrogens with one attached hydrogen (secondary N) is 2. The van der Waals surface area contributed by atoms with Crippen LogP contribution in [0.4, 0.5) is 5.69 Å². The number of carbonyl (C=O) groups excluding carboxylic acids is 2. The number of fused-ring (bicyclic) bond motifs is 1. The predicted octanol–water partition coefficient (Wildman–Crippen LogP) is 1.22. The molecule has 0 radical (unpaired) electrons. The molecular formula is C13H16N2O3. The van der Waals surface area contributed by atoms with Crippen LogP contribution >= 0.6 is 0 Å². The van der Waals surface area contributed by atoms with E-state index in [9.17, 15) is 9.59 Å². The maximum absolute atomic E-state index is 11.8. The fraction of sp³-hybridized carbons (Fsp3) is 0.385. The highest BCUT2D eigenvalue weighted by Gasteiger charge is 2.34. The molecule has 1 aromatic carbocycles. The number of rotatable bonds is 2. The van der Waals surface area contributed by atoms with E-state index in [1.54, 1.807) is 6.07 Å². The molecule has 96 valence electrons. The molecule has 1 aliphatic rings. The lowest BCUT2D eigenvalue weighted by molar-refractivity contribution is -0.137. The second-order valence-electron chi connectivity index (χ2n) is 4.65. The van der Waals surface area contributed by atoms with E-state index >= 15 is 0 Å². The van der Waals surface area contributed by atoms with Gasteiger partial charge >= 0.3 is 0 Å². The minimum Gasteiger partial charge on any atom is -0.468 e. The van der Waals surface area contributed by atoms with Crippen molar-refractivity contribution in [2.75, 3.05) is 5.32 Å². The first kappa shape index (κ1) is 12.4. The summed E-state index contributed by atoms with van der Waals surface area (Å²) in [5.41, 5.74) is 1.62. The van der Waals surface area contributed by atoms with Gasteiger partial charge in [-0.15, -0.1) is 0 Å². The highest BCUT2D eigenvalue weighted by molar-refractivity contribution is 6.11. The average molecular weight is 248 g/mol. The summed E-state index contributed by atoms with van der Waals surface area (Å²) in [7, 11) is 0. The third-order valence-electron chi connectivity index (χ3n) is 2.54. The summed E-state index contributed by atoms with van der Waals surface area (Å²) in [6, 6.07) is 5.39. The number of carbonyl (C=O) groups is 2. The van der Waals surface area contributed by atoms with Crippen LogP contribution in [-0.2, 0) is 9.59 Å². The molecule has 2 N–H and O–H groups in total. The highest BCUT2D eigenvalue weighted by Crippen LogP contribution is 2.30. The third-order valence-corrected chi connectivity index (χ3v) is 2.54. The molecule has 0 fully saturated rings. The van der Waals surface area contributed by atoms with Gasteiger partial charge in [0.05, 0.1) is 5.69 Å². The Morgan fingerprint density at radius 2 is 2.17 bits per heavy atom. The van der Waals surface area contributed by atoms with Crippen LogP contribution in [-0.4, -0.2) is 24.0 Å². The molecule has 2 amide bonds. The summed E-state index contributed by atoms with van der Waals surface area (Å²) >= 11 is 0. The van der Waals surface area contributed by atoms with Gasteiger partial charge in [-0.05, 0) is 38.5 Å². The molecule has 1 atom stereocenters. The van der Waals surface area contributed by atoms with E-state index in [1.165, 1.54) is 0 Å². The zero-order valence-corrected chi connectivity index (χ0v) is 10.6. The van der Waals surface area contributed by atoms with E-state index < -0.39 is 17.9 Å².